The van der Waals surface area contributed by atoms with Gasteiger partial charge in [0.15, 0.2) is 5.82 Å². The maximum Gasteiger partial charge on any atom is 0.291 e. The molecule has 1 aromatic carbocycles. The zero-order chi connectivity index (χ0) is 18.7. The second kappa shape index (κ2) is 7.56. The molecule has 1 aromatic heterocycles. The van der Waals surface area contributed by atoms with Gasteiger partial charge in [-0.1, -0.05) is 24.3 Å². The van der Waals surface area contributed by atoms with E-state index in [1.165, 1.54) is 0 Å². The van der Waals surface area contributed by atoms with E-state index in [4.69, 9.17) is 0 Å². The van der Waals surface area contributed by atoms with Gasteiger partial charge in [-0.25, -0.2) is 4.98 Å². The number of nitrogens with one attached hydrogen (secondary N) is 2. The molecule has 0 saturated carbocycles. The number of benzene rings is 1. The van der Waals surface area contributed by atoms with Crippen molar-refractivity contribution in [1.82, 2.24) is 14.9 Å². The summed E-state index contributed by atoms with van der Waals surface area (Å²) in [4.78, 5) is 29.7. The molecule has 136 valence electrons. The summed E-state index contributed by atoms with van der Waals surface area (Å²) >= 11 is 0. The Morgan fingerprint density at radius 1 is 1.23 bits per heavy atom. The Labute approximate surface area is 153 Å². The van der Waals surface area contributed by atoms with E-state index in [0.29, 0.717) is 24.6 Å². The van der Waals surface area contributed by atoms with Crippen molar-refractivity contribution in [3.8, 4) is 0 Å². The quantitative estimate of drug-likeness (QED) is 0.812. The van der Waals surface area contributed by atoms with Crippen molar-refractivity contribution in [2.24, 2.45) is 0 Å². The number of aryl methyl sites for hydroxylation is 2. The molecule has 6 nitrogen and oxygen atoms in total. The Morgan fingerprint density at radius 2 is 1.96 bits per heavy atom. The molecule has 0 unspecified atom stereocenters. The minimum Gasteiger partial charge on any atom is -0.347 e. The molecule has 2 aromatic rings. The third-order valence-corrected chi connectivity index (χ3v) is 4.66. The SMILES string of the molecule is C=CCNC(=O)c1nc(C(=O)Nc2c(C)cccc2C)n2c1CCCC2. The van der Waals surface area contributed by atoms with Crippen LogP contribution in [0.3, 0.4) is 0 Å². The van der Waals surface area contributed by atoms with E-state index in [9.17, 15) is 9.59 Å². The number of nitrogens with zero attached hydrogens (tertiary/aromatic N) is 2. The molecule has 3 rings (SSSR count). The summed E-state index contributed by atoms with van der Waals surface area (Å²) in [6.45, 7) is 8.59. The van der Waals surface area contributed by atoms with Gasteiger partial charge in [-0.2, -0.15) is 0 Å². The lowest BCUT2D eigenvalue weighted by Crippen LogP contribution is -2.25. The predicted molar refractivity (Wildman–Crippen MR) is 102 cm³/mol. The van der Waals surface area contributed by atoms with Crippen molar-refractivity contribution in [3.05, 3.63) is 59.2 Å². The minimum absolute atomic E-state index is 0.262. The molecule has 2 N–H and O–H groups in total. The second-order valence-electron chi connectivity index (χ2n) is 6.56. The van der Waals surface area contributed by atoms with Crippen molar-refractivity contribution in [1.29, 1.82) is 0 Å². The Morgan fingerprint density at radius 3 is 2.65 bits per heavy atom. The first-order chi connectivity index (χ1) is 12.5. The van der Waals surface area contributed by atoms with Crippen LogP contribution in [-0.2, 0) is 13.0 Å². The molecule has 26 heavy (non-hydrogen) atoms. The van der Waals surface area contributed by atoms with Crippen LogP contribution in [0.4, 0.5) is 5.69 Å². The summed E-state index contributed by atoms with van der Waals surface area (Å²) in [5, 5.41) is 5.72. The molecule has 2 heterocycles. The molecule has 1 aliphatic heterocycles. The van der Waals surface area contributed by atoms with E-state index in [-0.39, 0.29) is 11.8 Å². The van der Waals surface area contributed by atoms with Gasteiger partial charge in [-0.3, -0.25) is 9.59 Å². The van der Waals surface area contributed by atoms with Gasteiger partial charge < -0.3 is 15.2 Å². The number of hydrogen-bond acceptors (Lipinski definition) is 3. The first-order valence-electron chi connectivity index (χ1n) is 8.89. The molecule has 6 heteroatoms. The van der Waals surface area contributed by atoms with Gasteiger partial charge in [-0.05, 0) is 44.2 Å². The fourth-order valence-corrected chi connectivity index (χ4v) is 3.33. The zero-order valence-corrected chi connectivity index (χ0v) is 15.3. The highest BCUT2D eigenvalue weighted by Gasteiger charge is 2.27. The third kappa shape index (κ3) is 3.40. The van der Waals surface area contributed by atoms with E-state index in [1.54, 1.807) is 6.08 Å². The molecule has 1 aliphatic rings. The molecule has 0 fully saturated rings. The zero-order valence-electron chi connectivity index (χ0n) is 15.3. The van der Waals surface area contributed by atoms with Crippen molar-refractivity contribution in [2.75, 3.05) is 11.9 Å². The summed E-state index contributed by atoms with van der Waals surface area (Å²) < 4.78 is 1.88. The molecule has 0 bridgehead atoms. The largest absolute Gasteiger partial charge is 0.347 e. The fourth-order valence-electron chi connectivity index (χ4n) is 3.33. The van der Waals surface area contributed by atoms with Crippen LogP contribution in [0.25, 0.3) is 0 Å². The summed E-state index contributed by atoms with van der Waals surface area (Å²) in [7, 11) is 0. The van der Waals surface area contributed by atoms with Gasteiger partial charge in [0.25, 0.3) is 11.8 Å². The van der Waals surface area contributed by atoms with E-state index in [0.717, 1.165) is 41.8 Å². The summed E-state index contributed by atoms with van der Waals surface area (Å²) in [6.07, 6.45) is 4.33. The van der Waals surface area contributed by atoms with Crippen molar-refractivity contribution < 1.29 is 9.59 Å². The topological polar surface area (TPSA) is 76.0 Å². The normalized spacial score (nSPS) is 13.0. The Balaban J connectivity index is 1.94. The average molecular weight is 352 g/mol. The standard InChI is InChI=1S/C20H24N4O2/c1-4-11-21-19(25)17-15-10-5-6-12-24(15)18(22-17)20(26)23-16-13(2)8-7-9-14(16)3/h4,7-9H,1,5-6,10-12H2,2-3H3,(H,21,25)(H,23,26). The Hall–Kier alpha value is -2.89. The summed E-state index contributed by atoms with van der Waals surface area (Å²) in [6, 6.07) is 5.87. The number of carbonyl (C=O) groups excluding carboxylic acids is 2. The lowest BCUT2D eigenvalue weighted by atomic mass is 10.1. The first kappa shape index (κ1) is 17.9. The van der Waals surface area contributed by atoms with Crippen molar-refractivity contribution >= 4 is 17.5 Å². The monoisotopic (exact) mass is 352 g/mol. The molecular weight excluding hydrogens is 328 g/mol. The van der Waals surface area contributed by atoms with Gasteiger partial charge in [0, 0.05) is 18.8 Å². The summed E-state index contributed by atoms with van der Waals surface area (Å²) in [5.74, 6) is -0.249. The minimum atomic E-state index is -0.284. The van der Waals surface area contributed by atoms with Crippen LogP contribution in [-0.4, -0.2) is 27.9 Å². The predicted octanol–water partition coefficient (Wildman–Crippen LogP) is 3.00. The summed E-state index contributed by atoms with van der Waals surface area (Å²) in [5.41, 5.74) is 3.96. The Kier molecular flexibility index (Phi) is 5.21. The van der Waals surface area contributed by atoms with Crippen LogP contribution in [0.2, 0.25) is 0 Å². The van der Waals surface area contributed by atoms with Crippen molar-refractivity contribution in [2.45, 2.75) is 39.7 Å². The molecule has 0 spiro atoms. The van der Waals surface area contributed by atoms with E-state index in [2.05, 4.69) is 22.2 Å². The highest BCUT2D eigenvalue weighted by molar-refractivity contribution is 6.04. The second-order valence-corrected chi connectivity index (χ2v) is 6.56. The lowest BCUT2D eigenvalue weighted by Gasteiger charge is -2.17. The molecule has 0 aliphatic carbocycles. The smallest absolute Gasteiger partial charge is 0.291 e. The van der Waals surface area contributed by atoms with Crippen LogP contribution in [0, 0.1) is 13.8 Å². The highest BCUT2D eigenvalue weighted by Crippen LogP contribution is 2.24. The number of aromatic nitrogens is 2. The molecule has 2 amide bonds. The molecule has 0 atom stereocenters. The van der Waals surface area contributed by atoms with Crippen LogP contribution >= 0.6 is 0 Å². The van der Waals surface area contributed by atoms with E-state index < -0.39 is 0 Å². The lowest BCUT2D eigenvalue weighted by molar-refractivity contribution is 0.0952. The number of para-hydroxylation sites is 1. The number of hydrogen-bond donors (Lipinski definition) is 2. The molecule has 0 saturated heterocycles. The van der Waals surface area contributed by atoms with E-state index >= 15 is 0 Å². The number of anilines is 1. The number of amides is 2. The van der Waals surface area contributed by atoms with Crippen LogP contribution < -0.4 is 10.6 Å². The number of carbonyl (C=O) groups is 2. The van der Waals surface area contributed by atoms with Gasteiger partial charge >= 0.3 is 0 Å². The van der Waals surface area contributed by atoms with Gasteiger partial charge in [0.2, 0.25) is 0 Å². The highest BCUT2D eigenvalue weighted by atomic mass is 16.2. The van der Waals surface area contributed by atoms with Crippen LogP contribution in [0.5, 0.6) is 0 Å². The third-order valence-electron chi connectivity index (χ3n) is 4.66. The number of rotatable bonds is 5. The van der Waals surface area contributed by atoms with Gasteiger partial charge in [0.1, 0.15) is 5.69 Å². The number of imidazole rings is 1. The molecular formula is C20H24N4O2. The maximum absolute atomic E-state index is 12.9. The maximum atomic E-state index is 12.9. The van der Waals surface area contributed by atoms with Crippen molar-refractivity contribution in [3.63, 3.8) is 0 Å². The van der Waals surface area contributed by atoms with E-state index in [1.807, 2.05) is 36.6 Å². The average Bonchev–Trinajstić information content (AvgIpc) is 3.02. The van der Waals surface area contributed by atoms with Gasteiger partial charge in [0.05, 0.1) is 5.69 Å². The van der Waals surface area contributed by atoms with Crippen LogP contribution in [0.1, 0.15) is 50.8 Å². The molecule has 0 radical (unpaired) electrons. The van der Waals surface area contributed by atoms with Crippen LogP contribution in [0.15, 0.2) is 30.9 Å². The number of fused-ring (bicyclic) bond motifs is 1. The first-order valence-corrected chi connectivity index (χ1v) is 8.89. The Bertz CT molecular complexity index is 847. The fraction of sp³-hybridized carbons (Fsp3) is 0.350. The van der Waals surface area contributed by atoms with Gasteiger partial charge in [-0.15, -0.1) is 6.58 Å².